The van der Waals surface area contributed by atoms with Gasteiger partial charge in [-0.3, -0.25) is 9.80 Å². The van der Waals surface area contributed by atoms with Gasteiger partial charge in [0.2, 0.25) is 6.35 Å². The lowest BCUT2D eigenvalue weighted by Crippen LogP contribution is -2.64. The van der Waals surface area contributed by atoms with Crippen molar-refractivity contribution in [3.63, 3.8) is 0 Å². The van der Waals surface area contributed by atoms with Crippen LogP contribution in [-0.2, 0) is 0 Å². The van der Waals surface area contributed by atoms with Crippen LogP contribution >= 0.6 is 0 Å². The van der Waals surface area contributed by atoms with Crippen molar-refractivity contribution in [2.24, 2.45) is 0 Å². The third-order valence-corrected chi connectivity index (χ3v) is 2.21. The SMILES string of the molecule is CCCN1C(=O)N(C)C(=O)N(C)C1O. The van der Waals surface area contributed by atoms with Crippen molar-refractivity contribution in [1.82, 2.24) is 14.7 Å². The number of imide groups is 1. The molecule has 14 heavy (non-hydrogen) atoms. The fourth-order valence-electron chi connectivity index (χ4n) is 1.37. The monoisotopic (exact) mass is 201 g/mol. The van der Waals surface area contributed by atoms with E-state index >= 15 is 0 Å². The van der Waals surface area contributed by atoms with E-state index in [0.29, 0.717) is 6.54 Å². The number of aliphatic hydroxyl groups excluding tert-OH is 1. The lowest BCUT2D eigenvalue weighted by atomic mass is 10.4. The summed E-state index contributed by atoms with van der Waals surface area (Å²) in [6.45, 7) is 2.33. The summed E-state index contributed by atoms with van der Waals surface area (Å²) in [5.41, 5.74) is 0. The van der Waals surface area contributed by atoms with Gasteiger partial charge in [0.25, 0.3) is 0 Å². The fourth-order valence-corrected chi connectivity index (χ4v) is 1.37. The zero-order valence-electron chi connectivity index (χ0n) is 8.60. The van der Waals surface area contributed by atoms with E-state index in [2.05, 4.69) is 0 Å². The van der Waals surface area contributed by atoms with Crippen molar-refractivity contribution in [3.05, 3.63) is 0 Å². The summed E-state index contributed by atoms with van der Waals surface area (Å²) in [5.74, 6) is 0. The molecular weight excluding hydrogens is 186 g/mol. The van der Waals surface area contributed by atoms with Gasteiger partial charge in [-0.05, 0) is 6.42 Å². The summed E-state index contributed by atoms with van der Waals surface area (Å²) in [5, 5.41) is 9.61. The molecule has 4 amide bonds. The van der Waals surface area contributed by atoms with E-state index in [-0.39, 0.29) is 0 Å². The van der Waals surface area contributed by atoms with E-state index < -0.39 is 18.4 Å². The third kappa shape index (κ3) is 1.52. The molecule has 1 rings (SSSR count). The Bertz CT molecular complexity index is 256. The molecule has 1 aliphatic rings. The van der Waals surface area contributed by atoms with Gasteiger partial charge in [-0.1, -0.05) is 6.92 Å². The highest BCUT2D eigenvalue weighted by Gasteiger charge is 2.38. The zero-order valence-corrected chi connectivity index (χ0v) is 8.60. The number of urea groups is 2. The number of carbonyl (C=O) groups is 2. The molecule has 0 aromatic carbocycles. The summed E-state index contributed by atoms with van der Waals surface area (Å²) < 4.78 is 0. The fraction of sp³-hybridized carbons (Fsp3) is 0.750. The van der Waals surface area contributed by atoms with Crippen LogP contribution in [0.25, 0.3) is 0 Å². The number of aliphatic hydroxyl groups is 1. The smallest absolute Gasteiger partial charge is 0.331 e. The minimum Gasteiger partial charge on any atom is -0.356 e. The van der Waals surface area contributed by atoms with E-state index in [9.17, 15) is 14.7 Å². The third-order valence-electron chi connectivity index (χ3n) is 2.21. The molecular formula is C8H15N3O3. The van der Waals surface area contributed by atoms with E-state index in [4.69, 9.17) is 0 Å². The predicted octanol–water partition coefficient (Wildman–Crippen LogP) is 0.0915. The van der Waals surface area contributed by atoms with Crippen LogP contribution < -0.4 is 0 Å². The minimum absolute atomic E-state index is 0.432. The summed E-state index contributed by atoms with van der Waals surface area (Å²) in [7, 11) is 2.86. The second-order valence-corrected chi connectivity index (χ2v) is 3.27. The highest BCUT2D eigenvalue weighted by molar-refractivity contribution is 5.95. The van der Waals surface area contributed by atoms with E-state index in [1.54, 1.807) is 0 Å². The van der Waals surface area contributed by atoms with Crippen LogP contribution in [0.1, 0.15) is 13.3 Å². The van der Waals surface area contributed by atoms with Gasteiger partial charge in [0.05, 0.1) is 0 Å². The normalized spacial score (nSPS) is 23.4. The Kier molecular flexibility index (Phi) is 2.95. The maximum Gasteiger partial charge on any atom is 0.331 e. The lowest BCUT2D eigenvalue weighted by Gasteiger charge is -2.41. The van der Waals surface area contributed by atoms with Gasteiger partial charge in [0.1, 0.15) is 0 Å². The predicted molar refractivity (Wildman–Crippen MR) is 49.3 cm³/mol. The molecule has 6 heteroatoms. The van der Waals surface area contributed by atoms with E-state index in [0.717, 1.165) is 16.2 Å². The highest BCUT2D eigenvalue weighted by atomic mass is 16.3. The summed E-state index contributed by atoms with van der Waals surface area (Å²) >= 11 is 0. The molecule has 0 saturated carbocycles. The molecule has 1 unspecified atom stereocenters. The molecule has 1 fully saturated rings. The van der Waals surface area contributed by atoms with Crippen LogP contribution in [0.2, 0.25) is 0 Å². The molecule has 0 aromatic rings. The Morgan fingerprint density at radius 3 is 2.36 bits per heavy atom. The summed E-state index contributed by atoms with van der Waals surface area (Å²) in [6.07, 6.45) is -0.412. The van der Waals surface area contributed by atoms with Gasteiger partial charge in [0.15, 0.2) is 0 Å². The van der Waals surface area contributed by atoms with Gasteiger partial charge in [-0.25, -0.2) is 14.5 Å². The number of carbonyl (C=O) groups excluding carboxylic acids is 2. The van der Waals surface area contributed by atoms with Crippen LogP contribution in [0, 0.1) is 0 Å². The van der Waals surface area contributed by atoms with Crippen molar-refractivity contribution in [2.45, 2.75) is 19.7 Å². The topological polar surface area (TPSA) is 64.1 Å². The van der Waals surface area contributed by atoms with Crippen molar-refractivity contribution in [1.29, 1.82) is 0 Å². The molecule has 1 saturated heterocycles. The molecule has 0 spiro atoms. The van der Waals surface area contributed by atoms with E-state index in [1.807, 2.05) is 6.92 Å². The molecule has 1 atom stereocenters. The zero-order chi connectivity index (χ0) is 10.9. The number of rotatable bonds is 2. The van der Waals surface area contributed by atoms with Crippen molar-refractivity contribution in [3.8, 4) is 0 Å². The Balaban J connectivity index is 2.86. The first kappa shape index (κ1) is 10.8. The summed E-state index contributed by atoms with van der Waals surface area (Å²) in [4.78, 5) is 26.2. The van der Waals surface area contributed by atoms with Crippen molar-refractivity contribution in [2.75, 3.05) is 20.6 Å². The highest BCUT2D eigenvalue weighted by Crippen LogP contribution is 2.14. The van der Waals surface area contributed by atoms with Crippen LogP contribution in [0.3, 0.4) is 0 Å². The van der Waals surface area contributed by atoms with Crippen molar-refractivity contribution < 1.29 is 14.7 Å². The quantitative estimate of drug-likeness (QED) is 0.688. The molecule has 6 nitrogen and oxygen atoms in total. The van der Waals surface area contributed by atoms with Crippen LogP contribution in [-0.4, -0.2) is 58.9 Å². The van der Waals surface area contributed by atoms with Gasteiger partial charge < -0.3 is 5.11 Å². The second kappa shape index (κ2) is 3.83. The van der Waals surface area contributed by atoms with Gasteiger partial charge >= 0.3 is 12.1 Å². The Morgan fingerprint density at radius 2 is 1.86 bits per heavy atom. The molecule has 0 aromatic heterocycles. The molecule has 1 aliphatic heterocycles. The molecule has 80 valence electrons. The van der Waals surface area contributed by atoms with Gasteiger partial charge in [-0.2, -0.15) is 0 Å². The average Bonchev–Trinajstić information content (AvgIpc) is 2.19. The van der Waals surface area contributed by atoms with Gasteiger partial charge in [-0.15, -0.1) is 0 Å². The Morgan fingerprint density at radius 1 is 1.29 bits per heavy atom. The summed E-state index contributed by atoms with van der Waals surface area (Å²) in [6, 6.07) is -0.947. The molecule has 1 N–H and O–H groups in total. The molecule has 1 heterocycles. The Hall–Kier alpha value is -1.30. The number of amides is 4. The van der Waals surface area contributed by atoms with Crippen LogP contribution in [0.4, 0.5) is 9.59 Å². The first-order valence-electron chi connectivity index (χ1n) is 4.50. The number of hydrogen-bond acceptors (Lipinski definition) is 3. The molecule has 0 radical (unpaired) electrons. The molecule has 0 aliphatic carbocycles. The standard InChI is InChI=1S/C8H15N3O3/c1-4-5-11-7(13)9(2)6(12)10(3)8(11)14/h7,13H,4-5H2,1-3H3. The maximum atomic E-state index is 11.5. The first-order chi connectivity index (χ1) is 6.50. The number of hydrogen-bond donors (Lipinski definition) is 1. The van der Waals surface area contributed by atoms with Gasteiger partial charge in [0, 0.05) is 20.6 Å². The number of nitrogens with zero attached hydrogens (tertiary/aromatic N) is 3. The average molecular weight is 201 g/mol. The largest absolute Gasteiger partial charge is 0.356 e. The lowest BCUT2D eigenvalue weighted by molar-refractivity contribution is -0.0804. The first-order valence-corrected chi connectivity index (χ1v) is 4.50. The maximum absolute atomic E-state index is 11.5. The molecule has 0 bridgehead atoms. The van der Waals surface area contributed by atoms with E-state index in [1.165, 1.54) is 19.0 Å². The Labute approximate surface area is 82.7 Å². The van der Waals surface area contributed by atoms with Crippen LogP contribution in [0.5, 0.6) is 0 Å². The second-order valence-electron chi connectivity index (χ2n) is 3.27. The van der Waals surface area contributed by atoms with Crippen molar-refractivity contribution >= 4 is 12.1 Å². The van der Waals surface area contributed by atoms with Crippen LogP contribution in [0.15, 0.2) is 0 Å². The minimum atomic E-state index is -1.15.